The lowest BCUT2D eigenvalue weighted by atomic mass is 9.42. The molecule has 5 nitrogen and oxygen atoms in total. The van der Waals surface area contributed by atoms with Gasteiger partial charge in [-0.2, -0.15) is 0 Å². The predicted molar refractivity (Wildman–Crippen MR) is 129 cm³/mol. The van der Waals surface area contributed by atoms with Crippen LogP contribution in [0.3, 0.4) is 0 Å². The summed E-state index contributed by atoms with van der Waals surface area (Å²) in [5.74, 6) is 0.656. The second-order valence-electron chi connectivity index (χ2n) is 13.0. The molecule has 5 heteroatoms. The number of fused-ring (bicyclic) bond motifs is 5. The Hall–Kier alpha value is -0.460. The van der Waals surface area contributed by atoms with Crippen LogP contribution in [0.2, 0.25) is 0 Å². The van der Waals surface area contributed by atoms with Crippen LogP contribution >= 0.6 is 0 Å². The van der Waals surface area contributed by atoms with Crippen molar-refractivity contribution in [1.29, 1.82) is 0 Å². The highest BCUT2D eigenvalue weighted by Gasteiger charge is 2.70. The normalized spacial score (nSPS) is 51.2. The lowest BCUT2D eigenvalue weighted by molar-refractivity contribution is -0.263. The molecule has 4 aliphatic carbocycles. The number of aliphatic hydroxyl groups is 5. The molecule has 0 spiro atoms. The van der Waals surface area contributed by atoms with E-state index in [0.29, 0.717) is 31.1 Å². The summed E-state index contributed by atoms with van der Waals surface area (Å²) in [6.45, 7) is 13.1. The lowest BCUT2D eigenvalue weighted by Gasteiger charge is -2.66. The minimum atomic E-state index is -1.07. The summed E-state index contributed by atoms with van der Waals surface area (Å²) in [4.78, 5) is 0. The third-order valence-corrected chi connectivity index (χ3v) is 11.3. The first-order valence-corrected chi connectivity index (χ1v) is 13.4. The van der Waals surface area contributed by atoms with E-state index in [1.807, 2.05) is 6.92 Å². The first kappa shape index (κ1) is 25.6. The first-order chi connectivity index (χ1) is 15.4. The Labute approximate surface area is 200 Å². The molecule has 0 saturated heterocycles. The SMILES string of the molecule is C=C(CC[C@@H](C)[C@H]1C[C@@H](O)[C@@H]2[C@]1(C)CC[C@H]1[C@@]2(O)C[C@H](O)C2C[C@@H](O)CC[C@@]21C)[C@H](C)CO. The van der Waals surface area contributed by atoms with Gasteiger partial charge in [0.25, 0.3) is 0 Å². The molecule has 0 amide bonds. The van der Waals surface area contributed by atoms with Gasteiger partial charge in [0.15, 0.2) is 0 Å². The highest BCUT2D eigenvalue weighted by atomic mass is 16.3. The summed E-state index contributed by atoms with van der Waals surface area (Å²) < 4.78 is 0. The fourth-order valence-corrected chi connectivity index (χ4v) is 9.39. The van der Waals surface area contributed by atoms with Crippen molar-refractivity contribution in [2.24, 2.45) is 46.3 Å². The van der Waals surface area contributed by atoms with Crippen LogP contribution in [0.5, 0.6) is 0 Å². The highest BCUT2D eigenvalue weighted by molar-refractivity contribution is 5.20. The van der Waals surface area contributed by atoms with Crippen molar-refractivity contribution in [1.82, 2.24) is 0 Å². The van der Waals surface area contributed by atoms with Crippen molar-refractivity contribution in [2.45, 2.75) is 109 Å². The van der Waals surface area contributed by atoms with Crippen molar-refractivity contribution < 1.29 is 25.5 Å². The summed E-state index contributed by atoms with van der Waals surface area (Å²) >= 11 is 0. The Balaban J connectivity index is 1.57. The Morgan fingerprint density at radius 2 is 1.67 bits per heavy atom. The largest absolute Gasteiger partial charge is 0.396 e. The quantitative estimate of drug-likeness (QED) is 0.386. The fourth-order valence-electron chi connectivity index (χ4n) is 9.39. The molecule has 0 aromatic carbocycles. The Kier molecular flexibility index (Phi) is 6.90. The standard InChI is InChI=1S/C28H48O5/c1-16(18(3)15-29)6-7-17(2)20-13-22(31)25-27(20,5)11-9-24-26(4)10-8-19(30)12-21(26)23(32)14-28(24,25)33/h17-25,29-33H,1,6-15H2,2-5H3/t17-,18-,19+,20-,21?,22-,23+,24-,25-,26+,27-,28+/m1/s1. The minimum Gasteiger partial charge on any atom is -0.396 e. The molecular weight excluding hydrogens is 416 g/mol. The highest BCUT2D eigenvalue weighted by Crippen LogP contribution is 2.69. The maximum absolute atomic E-state index is 12.3. The van der Waals surface area contributed by atoms with E-state index in [9.17, 15) is 25.5 Å². The van der Waals surface area contributed by atoms with E-state index >= 15 is 0 Å². The molecule has 190 valence electrons. The summed E-state index contributed by atoms with van der Waals surface area (Å²) in [5.41, 5.74) is -0.344. The third kappa shape index (κ3) is 3.94. The minimum absolute atomic E-state index is 0.0173. The molecule has 0 aliphatic heterocycles. The molecular formula is C28H48O5. The van der Waals surface area contributed by atoms with Crippen LogP contribution in [0.1, 0.15) is 85.5 Å². The van der Waals surface area contributed by atoms with Gasteiger partial charge < -0.3 is 25.5 Å². The predicted octanol–water partition coefficient (Wildman–Crippen LogP) is 3.66. The second kappa shape index (κ2) is 8.89. The van der Waals surface area contributed by atoms with Gasteiger partial charge in [-0.05, 0) is 91.8 Å². The van der Waals surface area contributed by atoms with Crippen molar-refractivity contribution in [3.05, 3.63) is 12.2 Å². The van der Waals surface area contributed by atoms with Gasteiger partial charge in [-0.1, -0.05) is 39.8 Å². The molecule has 4 saturated carbocycles. The van der Waals surface area contributed by atoms with E-state index in [1.54, 1.807) is 0 Å². The van der Waals surface area contributed by atoms with Crippen LogP contribution in [-0.2, 0) is 0 Å². The van der Waals surface area contributed by atoms with Gasteiger partial charge in [0.05, 0.1) is 23.9 Å². The van der Waals surface area contributed by atoms with Crippen molar-refractivity contribution in [3.63, 3.8) is 0 Å². The monoisotopic (exact) mass is 464 g/mol. The van der Waals surface area contributed by atoms with Crippen molar-refractivity contribution >= 4 is 0 Å². The average Bonchev–Trinajstić information content (AvgIpc) is 3.03. The van der Waals surface area contributed by atoms with Gasteiger partial charge >= 0.3 is 0 Å². The average molecular weight is 465 g/mol. The third-order valence-electron chi connectivity index (χ3n) is 11.3. The fraction of sp³-hybridized carbons (Fsp3) is 0.929. The van der Waals surface area contributed by atoms with Crippen LogP contribution in [0.25, 0.3) is 0 Å². The molecule has 5 N–H and O–H groups in total. The van der Waals surface area contributed by atoms with E-state index in [-0.39, 0.29) is 47.2 Å². The zero-order valence-corrected chi connectivity index (χ0v) is 21.2. The zero-order chi connectivity index (χ0) is 24.3. The number of hydrogen-bond acceptors (Lipinski definition) is 5. The second-order valence-corrected chi connectivity index (χ2v) is 13.0. The first-order valence-electron chi connectivity index (χ1n) is 13.4. The Bertz CT molecular complexity index is 740. The maximum Gasteiger partial charge on any atom is 0.0763 e. The van der Waals surface area contributed by atoms with Crippen LogP contribution in [0.4, 0.5) is 0 Å². The molecule has 4 fully saturated rings. The molecule has 33 heavy (non-hydrogen) atoms. The van der Waals surface area contributed by atoms with Gasteiger partial charge in [0.2, 0.25) is 0 Å². The van der Waals surface area contributed by atoms with E-state index in [0.717, 1.165) is 44.1 Å². The molecule has 1 unspecified atom stereocenters. The molecule has 0 radical (unpaired) electrons. The number of hydrogen-bond donors (Lipinski definition) is 5. The molecule has 12 atom stereocenters. The topological polar surface area (TPSA) is 101 Å². The lowest BCUT2D eigenvalue weighted by Crippen LogP contribution is -2.68. The van der Waals surface area contributed by atoms with Gasteiger partial charge in [-0.3, -0.25) is 0 Å². The van der Waals surface area contributed by atoms with Crippen LogP contribution in [0.15, 0.2) is 12.2 Å². The number of aliphatic hydroxyl groups excluding tert-OH is 4. The molecule has 4 rings (SSSR count). The van der Waals surface area contributed by atoms with E-state index in [1.165, 1.54) is 0 Å². The molecule has 4 aliphatic rings. The Morgan fingerprint density at radius 1 is 1.00 bits per heavy atom. The smallest absolute Gasteiger partial charge is 0.0763 e. The summed E-state index contributed by atoms with van der Waals surface area (Å²) in [6, 6.07) is 0. The molecule has 0 bridgehead atoms. The van der Waals surface area contributed by atoms with Gasteiger partial charge in [0.1, 0.15) is 0 Å². The number of rotatable bonds is 6. The summed E-state index contributed by atoms with van der Waals surface area (Å²) in [5, 5.41) is 54.6. The van der Waals surface area contributed by atoms with E-state index in [4.69, 9.17) is 0 Å². The van der Waals surface area contributed by atoms with E-state index in [2.05, 4.69) is 27.4 Å². The van der Waals surface area contributed by atoms with Gasteiger partial charge in [-0.25, -0.2) is 0 Å². The molecule has 0 heterocycles. The van der Waals surface area contributed by atoms with Crippen LogP contribution in [0, 0.1) is 46.3 Å². The Morgan fingerprint density at radius 3 is 2.33 bits per heavy atom. The summed E-state index contributed by atoms with van der Waals surface area (Å²) in [6.07, 6.45) is 5.40. The maximum atomic E-state index is 12.3. The van der Waals surface area contributed by atoms with Crippen molar-refractivity contribution in [3.8, 4) is 0 Å². The van der Waals surface area contributed by atoms with Gasteiger partial charge in [0, 0.05) is 18.9 Å². The van der Waals surface area contributed by atoms with Crippen LogP contribution in [-0.4, -0.2) is 56.1 Å². The van der Waals surface area contributed by atoms with Crippen molar-refractivity contribution in [2.75, 3.05) is 6.61 Å². The van der Waals surface area contributed by atoms with Gasteiger partial charge in [-0.15, -0.1) is 0 Å². The molecule has 0 aromatic rings. The van der Waals surface area contributed by atoms with E-state index < -0.39 is 17.8 Å². The summed E-state index contributed by atoms with van der Waals surface area (Å²) in [7, 11) is 0. The zero-order valence-electron chi connectivity index (χ0n) is 21.2. The molecule has 0 aromatic heterocycles. The van der Waals surface area contributed by atoms with Crippen LogP contribution < -0.4 is 0 Å².